The summed E-state index contributed by atoms with van der Waals surface area (Å²) in [5, 5.41) is 13.1. The van der Waals surface area contributed by atoms with Gasteiger partial charge in [-0.05, 0) is 52.6 Å². The van der Waals surface area contributed by atoms with Crippen LogP contribution in [0.15, 0.2) is 97.1 Å². The molecule has 1 aliphatic heterocycles. The first-order chi connectivity index (χ1) is 21.3. The standard InChI is InChI=1S/C34H25N3O7/c1-44-22-15-13-19(14-16-22)27(38)18-35(32(39)20-7-6-8-21(17-20)37(42)43)36-33(40)30-28-23-9-2-3-10-24(23)29(31(30)34(36)41)26-12-5-4-11-25(26)28/h2-17,28-31H,18H2,1H3/t28?,29?,30-,31-/m1/s1. The zero-order valence-electron chi connectivity index (χ0n) is 23.5. The van der Waals surface area contributed by atoms with Gasteiger partial charge in [-0.2, -0.15) is 5.01 Å². The second kappa shape index (κ2) is 10.3. The van der Waals surface area contributed by atoms with Crippen LogP contribution in [0.5, 0.6) is 5.75 Å². The second-order valence-corrected chi connectivity index (χ2v) is 11.1. The molecule has 1 heterocycles. The van der Waals surface area contributed by atoms with Crippen LogP contribution in [0.1, 0.15) is 54.8 Å². The number of hydrogen-bond donors (Lipinski definition) is 0. The van der Waals surface area contributed by atoms with Crippen LogP contribution in [-0.2, 0) is 9.59 Å². The molecule has 218 valence electrons. The average Bonchev–Trinajstić information content (AvgIpc) is 3.32. The lowest BCUT2D eigenvalue weighted by Crippen LogP contribution is -2.52. The van der Waals surface area contributed by atoms with Crippen molar-refractivity contribution in [1.82, 2.24) is 10.0 Å². The fraction of sp³-hybridized carbons (Fsp3) is 0.176. The lowest BCUT2D eigenvalue weighted by atomic mass is 9.55. The minimum Gasteiger partial charge on any atom is -0.497 e. The highest BCUT2D eigenvalue weighted by Gasteiger charge is 2.63. The molecule has 3 amide bonds. The minimum atomic E-state index is -0.877. The molecule has 2 atom stereocenters. The molecule has 0 N–H and O–H groups in total. The Morgan fingerprint density at radius 2 is 1.30 bits per heavy atom. The smallest absolute Gasteiger partial charge is 0.273 e. The molecule has 0 aromatic heterocycles. The van der Waals surface area contributed by atoms with Gasteiger partial charge in [0.05, 0.1) is 23.9 Å². The Morgan fingerprint density at radius 1 is 0.773 bits per heavy atom. The average molecular weight is 588 g/mol. The van der Waals surface area contributed by atoms with Crippen LogP contribution < -0.4 is 4.74 Å². The molecule has 3 aliphatic carbocycles. The van der Waals surface area contributed by atoms with Crippen molar-refractivity contribution in [3.05, 3.63) is 141 Å². The number of Topliss-reactive ketones (excluding diaryl/α,β-unsaturated/α-hetero) is 1. The van der Waals surface area contributed by atoms with Crippen LogP contribution in [0.2, 0.25) is 0 Å². The number of nitro groups is 1. The number of benzene rings is 4. The summed E-state index contributed by atoms with van der Waals surface area (Å²) in [4.78, 5) is 67.2. The van der Waals surface area contributed by atoms with Crippen LogP contribution >= 0.6 is 0 Å². The van der Waals surface area contributed by atoms with Crippen molar-refractivity contribution < 1.29 is 28.8 Å². The van der Waals surface area contributed by atoms with Gasteiger partial charge >= 0.3 is 0 Å². The summed E-state index contributed by atoms with van der Waals surface area (Å²) < 4.78 is 5.17. The van der Waals surface area contributed by atoms with Crippen molar-refractivity contribution in [2.24, 2.45) is 11.8 Å². The molecule has 44 heavy (non-hydrogen) atoms. The summed E-state index contributed by atoms with van der Waals surface area (Å²) in [6, 6.07) is 26.7. The predicted molar refractivity (Wildman–Crippen MR) is 157 cm³/mol. The number of imide groups is 1. The van der Waals surface area contributed by atoms with Crippen LogP contribution in [0.3, 0.4) is 0 Å². The third kappa shape index (κ3) is 4.02. The molecule has 10 heteroatoms. The SMILES string of the molecule is COc1ccc(C(=O)CN(C(=O)c2cccc([N+](=O)[O-])c2)N2C(=O)[C@@H]3C4c5ccccc5C(c5ccccc54)[C@H]3C2=O)cc1. The van der Waals surface area contributed by atoms with Gasteiger partial charge in [-0.3, -0.25) is 29.3 Å². The quantitative estimate of drug-likeness (QED) is 0.132. The summed E-state index contributed by atoms with van der Waals surface area (Å²) >= 11 is 0. The number of rotatable bonds is 7. The van der Waals surface area contributed by atoms with Crippen molar-refractivity contribution in [3.63, 3.8) is 0 Å². The van der Waals surface area contributed by atoms with Crippen molar-refractivity contribution in [1.29, 1.82) is 0 Å². The molecule has 4 aliphatic rings. The van der Waals surface area contributed by atoms with Gasteiger partial charge in [0.15, 0.2) is 5.78 Å². The number of carbonyl (C=O) groups excluding carboxylic acids is 4. The van der Waals surface area contributed by atoms with Gasteiger partial charge in [-0.25, -0.2) is 5.01 Å². The van der Waals surface area contributed by atoms with Crippen LogP contribution in [0, 0.1) is 22.0 Å². The molecule has 4 aromatic carbocycles. The predicted octanol–water partition coefficient (Wildman–Crippen LogP) is 4.74. The topological polar surface area (TPSA) is 127 Å². The van der Waals surface area contributed by atoms with Gasteiger partial charge in [0.1, 0.15) is 12.3 Å². The maximum Gasteiger partial charge on any atom is 0.273 e. The van der Waals surface area contributed by atoms with E-state index in [0.29, 0.717) is 5.75 Å². The van der Waals surface area contributed by atoms with Crippen LogP contribution in [0.25, 0.3) is 0 Å². The zero-order chi connectivity index (χ0) is 30.7. The Bertz CT molecular complexity index is 1770. The molecule has 0 spiro atoms. The van der Waals surface area contributed by atoms with E-state index in [9.17, 15) is 29.3 Å². The van der Waals surface area contributed by atoms with E-state index in [1.54, 1.807) is 12.1 Å². The van der Waals surface area contributed by atoms with Gasteiger partial charge < -0.3 is 4.74 Å². The number of hydrogen-bond acceptors (Lipinski definition) is 7. The van der Waals surface area contributed by atoms with Crippen LogP contribution in [0.4, 0.5) is 5.69 Å². The number of carbonyl (C=O) groups is 4. The molecular formula is C34H25N3O7. The van der Waals surface area contributed by atoms with E-state index in [2.05, 4.69) is 0 Å². The molecule has 1 saturated heterocycles. The number of hydrazine groups is 1. The van der Waals surface area contributed by atoms with Gasteiger partial charge in [-0.15, -0.1) is 0 Å². The second-order valence-electron chi connectivity index (χ2n) is 11.1. The highest BCUT2D eigenvalue weighted by atomic mass is 16.6. The number of non-ortho nitro benzene ring substituents is 1. The summed E-state index contributed by atoms with van der Waals surface area (Å²) in [6.45, 7) is -0.639. The molecule has 2 bridgehead atoms. The van der Waals surface area contributed by atoms with Gasteiger partial charge in [0, 0.05) is 35.1 Å². The molecule has 1 fully saturated rings. The molecule has 0 saturated carbocycles. The Kier molecular flexibility index (Phi) is 6.35. The molecule has 10 nitrogen and oxygen atoms in total. The maximum atomic E-state index is 14.4. The molecule has 8 rings (SSSR count). The van der Waals surface area contributed by atoms with E-state index in [4.69, 9.17) is 4.74 Å². The summed E-state index contributed by atoms with van der Waals surface area (Å²) in [7, 11) is 1.49. The lowest BCUT2D eigenvalue weighted by molar-refractivity contribution is -0.384. The highest BCUT2D eigenvalue weighted by molar-refractivity contribution is 6.11. The van der Waals surface area contributed by atoms with Crippen molar-refractivity contribution in [3.8, 4) is 5.75 Å². The highest BCUT2D eigenvalue weighted by Crippen LogP contribution is 2.61. The van der Waals surface area contributed by atoms with Crippen molar-refractivity contribution in [2.45, 2.75) is 11.8 Å². The fourth-order valence-corrected chi connectivity index (χ4v) is 7.04. The summed E-state index contributed by atoms with van der Waals surface area (Å²) in [5.74, 6) is -4.44. The van der Waals surface area contributed by atoms with E-state index in [-0.39, 0.29) is 16.8 Å². The van der Waals surface area contributed by atoms with E-state index in [1.165, 1.54) is 37.4 Å². The Labute approximate surface area is 251 Å². The third-order valence-electron chi connectivity index (χ3n) is 8.91. The molecule has 4 aromatic rings. The number of ether oxygens (including phenoxy) is 1. The summed E-state index contributed by atoms with van der Waals surface area (Å²) in [6.07, 6.45) is 0. The number of nitro benzene ring substituents is 1. The first-order valence-corrected chi connectivity index (χ1v) is 14.1. The van der Waals surface area contributed by atoms with Gasteiger partial charge in [-0.1, -0.05) is 54.6 Å². The molecule has 0 unspecified atom stereocenters. The van der Waals surface area contributed by atoms with Crippen molar-refractivity contribution in [2.75, 3.05) is 13.7 Å². The first-order valence-electron chi connectivity index (χ1n) is 14.1. The number of nitrogens with zero attached hydrogens (tertiary/aromatic N) is 3. The van der Waals surface area contributed by atoms with Crippen molar-refractivity contribution >= 4 is 29.2 Å². The van der Waals surface area contributed by atoms with Crippen LogP contribution in [-0.4, -0.2) is 52.1 Å². The van der Waals surface area contributed by atoms with E-state index in [1.807, 2.05) is 48.5 Å². The van der Waals surface area contributed by atoms with E-state index >= 15 is 0 Å². The first kappa shape index (κ1) is 27.2. The third-order valence-corrected chi connectivity index (χ3v) is 8.91. The summed E-state index contributed by atoms with van der Waals surface area (Å²) in [5.41, 5.74) is 3.62. The monoisotopic (exact) mass is 587 g/mol. The zero-order valence-corrected chi connectivity index (χ0v) is 23.5. The Hall–Kier alpha value is -5.64. The van der Waals surface area contributed by atoms with E-state index < -0.39 is 58.6 Å². The maximum absolute atomic E-state index is 14.4. The fourth-order valence-electron chi connectivity index (χ4n) is 7.04. The molecular weight excluding hydrogens is 562 g/mol. The van der Waals surface area contributed by atoms with Gasteiger partial charge in [0.25, 0.3) is 23.4 Å². The van der Waals surface area contributed by atoms with Gasteiger partial charge in [0.2, 0.25) is 0 Å². The normalized spacial score (nSPS) is 20.9. The number of ketones is 1. The number of methoxy groups -OCH3 is 1. The Morgan fingerprint density at radius 3 is 1.77 bits per heavy atom. The Balaban J connectivity index is 1.32. The largest absolute Gasteiger partial charge is 0.497 e. The molecule has 0 radical (unpaired) electrons. The lowest BCUT2D eigenvalue weighted by Gasteiger charge is -2.45. The minimum absolute atomic E-state index is 0.133. The van der Waals surface area contributed by atoms with E-state index in [0.717, 1.165) is 38.3 Å². The number of amides is 3.